The van der Waals surface area contributed by atoms with Crippen molar-refractivity contribution in [2.75, 3.05) is 32.7 Å². The molecular formula is C13H25N3O3. The zero-order valence-electron chi connectivity index (χ0n) is 12.3. The molecule has 0 aromatic rings. The molecule has 19 heavy (non-hydrogen) atoms. The number of carbonyl (C=O) groups excluding carboxylic acids is 2. The molecule has 0 radical (unpaired) electrons. The second-order valence-electron chi connectivity index (χ2n) is 5.99. The van der Waals surface area contributed by atoms with E-state index in [-0.39, 0.29) is 11.9 Å². The number of nitrogens with zero attached hydrogens (tertiary/aromatic N) is 2. The summed E-state index contributed by atoms with van der Waals surface area (Å²) in [6.45, 7) is 10.3. The van der Waals surface area contributed by atoms with E-state index in [2.05, 4.69) is 4.90 Å². The van der Waals surface area contributed by atoms with Gasteiger partial charge in [-0.3, -0.25) is 9.69 Å². The van der Waals surface area contributed by atoms with Crippen molar-refractivity contribution in [2.24, 2.45) is 5.73 Å². The van der Waals surface area contributed by atoms with Gasteiger partial charge in [0.1, 0.15) is 11.4 Å². The topological polar surface area (TPSA) is 75.9 Å². The molecule has 0 bridgehead atoms. The lowest BCUT2D eigenvalue weighted by Crippen LogP contribution is -2.53. The highest BCUT2D eigenvalue weighted by molar-refractivity contribution is 5.81. The molecule has 1 amide bonds. The van der Waals surface area contributed by atoms with Gasteiger partial charge in [-0.2, -0.15) is 0 Å². The summed E-state index contributed by atoms with van der Waals surface area (Å²) in [5.41, 5.74) is 5.26. The van der Waals surface area contributed by atoms with E-state index in [0.717, 1.165) is 13.1 Å². The SMILES string of the molecule is CC(=O)C(N)CN1CCN(C(=O)OC(C)(C)C)CC1. The summed E-state index contributed by atoms with van der Waals surface area (Å²) in [4.78, 5) is 26.8. The van der Waals surface area contributed by atoms with E-state index in [1.165, 1.54) is 6.92 Å². The molecule has 1 heterocycles. The Labute approximate surface area is 114 Å². The van der Waals surface area contributed by atoms with Crippen LogP contribution in [0.3, 0.4) is 0 Å². The van der Waals surface area contributed by atoms with Gasteiger partial charge >= 0.3 is 6.09 Å². The third-order valence-electron chi connectivity index (χ3n) is 3.00. The molecule has 1 rings (SSSR count). The van der Waals surface area contributed by atoms with Gasteiger partial charge in [-0.1, -0.05) is 0 Å². The summed E-state index contributed by atoms with van der Waals surface area (Å²) in [5, 5.41) is 0. The molecule has 0 aromatic carbocycles. The van der Waals surface area contributed by atoms with Gasteiger partial charge in [-0.25, -0.2) is 4.79 Å². The minimum absolute atomic E-state index is 0.00503. The molecule has 1 aliphatic heterocycles. The van der Waals surface area contributed by atoms with Gasteiger partial charge in [0.2, 0.25) is 0 Å². The zero-order valence-corrected chi connectivity index (χ0v) is 12.3. The smallest absolute Gasteiger partial charge is 0.410 e. The minimum atomic E-state index is -0.467. The third kappa shape index (κ3) is 5.57. The van der Waals surface area contributed by atoms with Crippen LogP contribution < -0.4 is 5.73 Å². The fourth-order valence-corrected chi connectivity index (χ4v) is 1.85. The minimum Gasteiger partial charge on any atom is -0.444 e. The van der Waals surface area contributed by atoms with E-state index in [1.54, 1.807) is 4.90 Å². The van der Waals surface area contributed by atoms with Crippen LogP contribution in [0.25, 0.3) is 0 Å². The lowest BCUT2D eigenvalue weighted by molar-refractivity contribution is -0.118. The Balaban J connectivity index is 2.36. The first-order valence-electron chi connectivity index (χ1n) is 6.65. The Morgan fingerprint density at radius 2 is 1.74 bits per heavy atom. The van der Waals surface area contributed by atoms with E-state index in [4.69, 9.17) is 10.5 Å². The van der Waals surface area contributed by atoms with Gasteiger partial charge in [0.25, 0.3) is 0 Å². The molecule has 6 heteroatoms. The zero-order chi connectivity index (χ0) is 14.6. The number of rotatable bonds is 3. The van der Waals surface area contributed by atoms with Gasteiger partial charge in [0, 0.05) is 32.7 Å². The molecule has 2 N–H and O–H groups in total. The van der Waals surface area contributed by atoms with Gasteiger partial charge < -0.3 is 15.4 Å². The number of hydrogen-bond donors (Lipinski definition) is 1. The number of piperazine rings is 1. The average Bonchev–Trinajstić information content (AvgIpc) is 2.27. The molecule has 110 valence electrons. The van der Waals surface area contributed by atoms with E-state index in [9.17, 15) is 9.59 Å². The van der Waals surface area contributed by atoms with Gasteiger partial charge in [-0.05, 0) is 27.7 Å². The van der Waals surface area contributed by atoms with Crippen LogP contribution in [0.5, 0.6) is 0 Å². The molecule has 0 aromatic heterocycles. The largest absolute Gasteiger partial charge is 0.444 e. The van der Waals surface area contributed by atoms with E-state index in [0.29, 0.717) is 19.6 Å². The number of Topliss-reactive ketones (excluding diaryl/α,β-unsaturated/α-hetero) is 1. The first kappa shape index (κ1) is 15.9. The summed E-state index contributed by atoms with van der Waals surface area (Å²) in [6, 6.07) is -0.437. The fourth-order valence-electron chi connectivity index (χ4n) is 1.85. The Bertz CT molecular complexity index is 331. The quantitative estimate of drug-likeness (QED) is 0.807. The predicted octanol–water partition coefficient (Wildman–Crippen LogP) is 0.455. The molecule has 1 atom stereocenters. The van der Waals surface area contributed by atoms with Gasteiger partial charge in [0.05, 0.1) is 6.04 Å². The summed E-state index contributed by atoms with van der Waals surface area (Å²) in [6.07, 6.45) is -0.275. The fraction of sp³-hybridized carbons (Fsp3) is 0.846. The van der Waals surface area contributed by atoms with E-state index < -0.39 is 11.6 Å². The molecule has 1 aliphatic rings. The number of ether oxygens (including phenoxy) is 1. The van der Waals surface area contributed by atoms with Crippen molar-refractivity contribution >= 4 is 11.9 Å². The predicted molar refractivity (Wildman–Crippen MR) is 72.9 cm³/mol. The van der Waals surface area contributed by atoms with Crippen molar-refractivity contribution in [2.45, 2.75) is 39.3 Å². The maximum Gasteiger partial charge on any atom is 0.410 e. The van der Waals surface area contributed by atoms with Crippen molar-refractivity contribution in [3.05, 3.63) is 0 Å². The Morgan fingerprint density at radius 1 is 1.21 bits per heavy atom. The maximum absolute atomic E-state index is 11.9. The van der Waals surface area contributed by atoms with Crippen LogP contribution in [-0.4, -0.2) is 66.0 Å². The number of hydrogen-bond acceptors (Lipinski definition) is 5. The molecule has 1 unspecified atom stereocenters. The average molecular weight is 271 g/mol. The monoisotopic (exact) mass is 271 g/mol. The van der Waals surface area contributed by atoms with Crippen LogP contribution in [0.4, 0.5) is 4.79 Å². The lowest BCUT2D eigenvalue weighted by atomic mass is 10.2. The molecular weight excluding hydrogens is 246 g/mol. The Kier molecular flexibility index (Phi) is 5.31. The second-order valence-corrected chi connectivity index (χ2v) is 5.99. The van der Waals surface area contributed by atoms with Crippen LogP contribution in [0.1, 0.15) is 27.7 Å². The van der Waals surface area contributed by atoms with Crippen molar-refractivity contribution in [1.29, 1.82) is 0 Å². The van der Waals surface area contributed by atoms with Gasteiger partial charge in [-0.15, -0.1) is 0 Å². The molecule has 0 spiro atoms. The van der Waals surface area contributed by atoms with Crippen LogP contribution in [0, 0.1) is 0 Å². The standard InChI is InChI=1S/C13H25N3O3/c1-10(17)11(14)9-15-5-7-16(8-6-15)12(18)19-13(2,3)4/h11H,5-9,14H2,1-4H3. The third-order valence-corrected chi connectivity index (χ3v) is 3.00. The highest BCUT2D eigenvalue weighted by Gasteiger charge is 2.26. The molecule has 0 saturated carbocycles. The van der Waals surface area contributed by atoms with E-state index in [1.807, 2.05) is 20.8 Å². The van der Waals surface area contributed by atoms with Crippen molar-refractivity contribution in [3.8, 4) is 0 Å². The summed E-state index contributed by atoms with van der Waals surface area (Å²) in [7, 11) is 0. The maximum atomic E-state index is 11.9. The summed E-state index contributed by atoms with van der Waals surface area (Å²) >= 11 is 0. The Hall–Kier alpha value is -1.14. The number of carbonyl (C=O) groups is 2. The van der Waals surface area contributed by atoms with Crippen LogP contribution in [0.15, 0.2) is 0 Å². The first-order valence-corrected chi connectivity index (χ1v) is 6.65. The number of nitrogens with two attached hydrogens (primary N) is 1. The highest BCUT2D eigenvalue weighted by Crippen LogP contribution is 2.11. The van der Waals surface area contributed by atoms with Crippen LogP contribution in [-0.2, 0) is 9.53 Å². The molecule has 1 saturated heterocycles. The Morgan fingerprint density at radius 3 is 2.16 bits per heavy atom. The summed E-state index contributed by atoms with van der Waals surface area (Å²) < 4.78 is 5.32. The van der Waals surface area contributed by atoms with Crippen molar-refractivity contribution in [1.82, 2.24) is 9.80 Å². The molecule has 0 aliphatic carbocycles. The van der Waals surface area contributed by atoms with Crippen LogP contribution in [0.2, 0.25) is 0 Å². The molecule has 6 nitrogen and oxygen atoms in total. The summed E-state index contributed by atoms with van der Waals surface area (Å²) in [5.74, 6) is -0.00503. The van der Waals surface area contributed by atoms with Crippen molar-refractivity contribution in [3.63, 3.8) is 0 Å². The number of ketones is 1. The van der Waals surface area contributed by atoms with Gasteiger partial charge in [0.15, 0.2) is 0 Å². The number of amides is 1. The van der Waals surface area contributed by atoms with Crippen molar-refractivity contribution < 1.29 is 14.3 Å². The highest BCUT2D eigenvalue weighted by atomic mass is 16.6. The lowest BCUT2D eigenvalue weighted by Gasteiger charge is -2.36. The van der Waals surface area contributed by atoms with E-state index >= 15 is 0 Å². The van der Waals surface area contributed by atoms with Crippen LogP contribution >= 0.6 is 0 Å². The normalized spacial score (nSPS) is 19.1. The first-order chi connectivity index (χ1) is 8.69. The second kappa shape index (κ2) is 6.34. The molecule has 1 fully saturated rings.